The number of hydrogen-bond donors (Lipinski definition) is 0. The van der Waals surface area contributed by atoms with E-state index in [1.807, 2.05) is 40.0 Å². The maximum atomic E-state index is 6.17. The van der Waals surface area contributed by atoms with Crippen molar-refractivity contribution in [2.24, 2.45) is 0 Å². The predicted molar refractivity (Wildman–Crippen MR) is 129 cm³/mol. The van der Waals surface area contributed by atoms with Gasteiger partial charge in [-0.1, -0.05) is 30.3 Å². The molecule has 1 unspecified atom stereocenters. The first-order chi connectivity index (χ1) is 16.8. The van der Waals surface area contributed by atoms with E-state index >= 15 is 0 Å². The molecule has 2 aromatic carbocycles. The fraction of sp³-hybridized carbons (Fsp3) is 0.185. The van der Waals surface area contributed by atoms with Crippen LogP contribution in [0.5, 0.6) is 0 Å². The van der Waals surface area contributed by atoms with Crippen molar-refractivity contribution < 1.29 is 4.74 Å². The number of ether oxygens (including phenoxy) is 1. The van der Waals surface area contributed by atoms with Crippen LogP contribution in [-0.2, 0) is 17.7 Å². The van der Waals surface area contributed by atoms with E-state index in [0.29, 0.717) is 19.0 Å². The molecule has 0 saturated carbocycles. The minimum atomic E-state index is -0.275. The molecular formula is C27H24N6O. The lowest BCUT2D eigenvalue weighted by Crippen LogP contribution is -2.18. The summed E-state index contributed by atoms with van der Waals surface area (Å²) in [5, 5.41) is 9.31. The van der Waals surface area contributed by atoms with E-state index in [1.165, 1.54) is 5.56 Å². The molecule has 5 aromatic rings. The summed E-state index contributed by atoms with van der Waals surface area (Å²) < 4.78 is 10.0. The van der Waals surface area contributed by atoms with E-state index in [-0.39, 0.29) is 6.10 Å². The first kappa shape index (κ1) is 20.5. The number of benzene rings is 2. The van der Waals surface area contributed by atoms with Crippen molar-refractivity contribution in [2.45, 2.75) is 26.0 Å². The van der Waals surface area contributed by atoms with Gasteiger partial charge in [0.2, 0.25) is 0 Å². The van der Waals surface area contributed by atoms with E-state index in [9.17, 15) is 0 Å². The maximum absolute atomic E-state index is 6.17. The van der Waals surface area contributed by atoms with Crippen molar-refractivity contribution in [1.29, 1.82) is 0 Å². The van der Waals surface area contributed by atoms with Gasteiger partial charge in [-0.15, -0.1) is 0 Å². The SMILES string of the molecule is Cc1cc(-c2nc(C3OCCc4ccccc43)nn2Cc2cccnc2)ccc1-n1cccn1. The van der Waals surface area contributed by atoms with Crippen molar-refractivity contribution in [2.75, 3.05) is 6.61 Å². The second-order valence-electron chi connectivity index (χ2n) is 8.46. The molecule has 0 spiro atoms. The summed E-state index contributed by atoms with van der Waals surface area (Å²) in [6.45, 7) is 3.32. The average Bonchev–Trinajstić information content (AvgIpc) is 3.55. The van der Waals surface area contributed by atoms with Crippen LogP contribution < -0.4 is 0 Å². The van der Waals surface area contributed by atoms with Gasteiger partial charge in [0, 0.05) is 30.4 Å². The Bertz CT molecular complexity index is 1430. The highest BCUT2D eigenvalue weighted by atomic mass is 16.5. The topological polar surface area (TPSA) is 70.7 Å². The molecule has 34 heavy (non-hydrogen) atoms. The van der Waals surface area contributed by atoms with E-state index in [1.54, 1.807) is 12.4 Å². The normalized spacial score (nSPS) is 15.3. The van der Waals surface area contributed by atoms with Crippen LogP contribution in [0.4, 0.5) is 0 Å². The number of pyridine rings is 1. The zero-order chi connectivity index (χ0) is 22.9. The van der Waals surface area contributed by atoms with E-state index in [4.69, 9.17) is 14.8 Å². The van der Waals surface area contributed by atoms with Crippen LogP contribution in [-0.4, -0.2) is 36.1 Å². The molecule has 0 aliphatic carbocycles. The van der Waals surface area contributed by atoms with Crippen molar-refractivity contribution in [3.05, 3.63) is 114 Å². The first-order valence-corrected chi connectivity index (χ1v) is 11.4. The number of aryl methyl sites for hydroxylation is 1. The molecule has 1 aliphatic rings. The Morgan fingerprint density at radius 3 is 2.79 bits per heavy atom. The van der Waals surface area contributed by atoms with Gasteiger partial charge < -0.3 is 4.74 Å². The van der Waals surface area contributed by atoms with Crippen molar-refractivity contribution in [3.63, 3.8) is 0 Å². The van der Waals surface area contributed by atoms with Gasteiger partial charge in [0.25, 0.3) is 0 Å². The summed E-state index contributed by atoms with van der Waals surface area (Å²) >= 11 is 0. The van der Waals surface area contributed by atoms with Gasteiger partial charge >= 0.3 is 0 Å². The van der Waals surface area contributed by atoms with Gasteiger partial charge in [-0.05, 0) is 65.9 Å². The van der Waals surface area contributed by atoms with Gasteiger partial charge in [0.1, 0.15) is 6.10 Å². The van der Waals surface area contributed by atoms with Gasteiger partial charge in [-0.3, -0.25) is 4.98 Å². The molecule has 3 aromatic heterocycles. The number of rotatable bonds is 5. The van der Waals surface area contributed by atoms with E-state index < -0.39 is 0 Å². The van der Waals surface area contributed by atoms with Crippen LogP contribution in [0.3, 0.4) is 0 Å². The summed E-state index contributed by atoms with van der Waals surface area (Å²) in [4.78, 5) is 9.28. The molecule has 0 bridgehead atoms. The molecule has 0 fully saturated rings. The lowest BCUT2D eigenvalue weighted by molar-refractivity contribution is 0.0640. The van der Waals surface area contributed by atoms with Gasteiger partial charge in [-0.25, -0.2) is 14.3 Å². The largest absolute Gasteiger partial charge is 0.365 e. The Kier molecular flexibility index (Phi) is 5.24. The molecule has 7 heteroatoms. The third-order valence-corrected chi connectivity index (χ3v) is 6.18. The van der Waals surface area contributed by atoms with Crippen LogP contribution in [0.1, 0.15) is 34.2 Å². The Morgan fingerprint density at radius 2 is 1.97 bits per heavy atom. The standard InChI is InChI=1S/C27H24N6O/c1-19-16-22(9-10-24(19)32-14-5-13-29-32)27-30-26(31-33(27)18-20-6-4-12-28-17-20)25-23-8-3-2-7-21(23)11-15-34-25/h2-10,12-14,16-17,25H,11,15,18H2,1H3. The van der Waals surface area contributed by atoms with Crippen LogP contribution in [0.25, 0.3) is 17.1 Å². The predicted octanol–water partition coefficient (Wildman–Crippen LogP) is 4.54. The fourth-order valence-electron chi connectivity index (χ4n) is 4.53. The highest BCUT2D eigenvalue weighted by Gasteiger charge is 2.27. The zero-order valence-corrected chi connectivity index (χ0v) is 18.9. The van der Waals surface area contributed by atoms with Crippen LogP contribution >= 0.6 is 0 Å². The Morgan fingerprint density at radius 1 is 1.03 bits per heavy atom. The van der Waals surface area contributed by atoms with Gasteiger partial charge in [-0.2, -0.15) is 10.2 Å². The zero-order valence-electron chi connectivity index (χ0n) is 18.9. The Balaban J connectivity index is 1.44. The molecule has 4 heterocycles. The number of fused-ring (bicyclic) bond motifs is 1. The van der Waals surface area contributed by atoms with Crippen LogP contribution in [0.2, 0.25) is 0 Å². The Hall–Kier alpha value is -4.10. The highest BCUT2D eigenvalue weighted by molar-refractivity contribution is 5.60. The molecule has 0 amide bonds. The Labute approximate surface area is 197 Å². The molecule has 0 radical (unpaired) electrons. The molecule has 0 saturated heterocycles. The minimum absolute atomic E-state index is 0.275. The lowest BCUT2D eigenvalue weighted by Gasteiger charge is -2.23. The number of hydrogen-bond acceptors (Lipinski definition) is 5. The molecular weight excluding hydrogens is 424 g/mol. The monoisotopic (exact) mass is 448 g/mol. The number of nitrogens with zero attached hydrogens (tertiary/aromatic N) is 6. The summed E-state index contributed by atoms with van der Waals surface area (Å²) in [6, 6.07) is 20.6. The van der Waals surface area contributed by atoms with Crippen LogP contribution in [0, 0.1) is 6.92 Å². The van der Waals surface area contributed by atoms with Gasteiger partial charge in [0.15, 0.2) is 11.6 Å². The van der Waals surface area contributed by atoms with E-state index in [2.05, 4.69) is 59.5 Å². The molecule has 6 rings (SSSR count). The molecule has 1 aliphatic heterocycles. The van der Waals surface area contributed by atoms with E-state index in [0.717, 1.165) is 40.2 Å². The molecule has 168 valence electrons. The van der Waals surface area contributed by atoms with Gasteiger partial charge in [0.05, 0.1) is 18.8 Å². The summed E-state index contributed by atoms with van der Waals surface area (Å²) in [5.74, 6) is 1.49. The second kappa shape index (κ2) is 8.68. The lowest BCUT2D eigenvalue weighted by atomic mass is 9.97. The highest BCUT2D eigenvalue weighted by Crippen LogP contribution is 2.33. The maximum Gasteiger partial charge on any atom is 0.184 e. The molecule has 7 nitrogen and oxygen atoms in total. The summed E-state index contributed by atoms with van der Waals surface area (Å²) in [5.41, 5.74) is 6.65. The minimum Gasteiger partial charge on any atom is -0.365 e. The summed E-state index contributed by atoms with van der Waals surface area (Å²) in [7, 11) is 0. The number of aromatic nitrogens is 6. The summed E-state index contributed by atoms with van der Waals surface area (Å²) in [6.07, 6.45) is 8.01. The average molecular weight is 449 g/mol. The molecule has 1 atom stereocenters. The third kappa shape index (κ3) is 3.80. The third-order valence-electron chi connectivity index (χ3n) is 6.18. The van der Waals surface area contributed by atoms with Crippen LogP contribution in [0.15, 0.2) is 85.5 Å². The van der Waals surface area contributed by atoms with Crippen molar-refractivity contribution in [3.8, 4) is 17.1 Å². The van der Waals surface area contributed by atoms with Crippen molar-refractivity contribution >= 4 is 0 Å². The quantitative estimate of drug-likeness (QED) is 0.395. The second-order valence-corrected chi connectivity index (χ2v) is 8.46. The van der Waals surface area contributed by atoms with Crippen molar-refractivity contribution in [1.82, 2.24) is 29.5 Å². The smallest absolute Gasteiger partial charge is 0.184 e. The fourth-order valence-corrected chi connectivity index (χ4v) is 4.53. The first-order valence-electron chi connectivity index (χ1n) is 11.4. The molecule has 0 N–H and O–H groups in total.